The first-order valence-electron chi connectivity index (χ1n) is 8.37. The Bertz CT molecular complexity index is 1430. The Morgan fingerprint density at radius 1 is 1.04 bits per heavy atom. The molecule has 4 rings (SSSR count). The Hall–Kier alpha value is -3.07. The van der Waals surface area contributed by atoms with Crippen molar-refractivity contribution in [3.63, 3.8) is 0 Å². The van der Waals surface area contributed by atoms with Crippen molar-refractivity contribution >= 4 is 31.8 Å². The molecular formula is C18H18N4O4S. The van der Waals surface area contributed by atoms with E-state index >= 15 is 0 Å². The second-order valence-corrected chi connectivity index (χ2v) is 8.67. The van der Waals surface area contributed by atoms with Crippen LogP contribution in [0, 0.1) is 0 Å². The Labute approximate surface area is 154 Å². The zero-order valence-electron chi connectivity index (χ0n) is 15.0. The van der Waals surface area contributed by atoms with Crippen molar-refractivity contribution < 1.29 is 8.42 Å². The van der Waals surface area contributed by atoms with E-state index in [-0.39, 0.29) is 27.4 Å². The van der Waals surface area contributed by atoms with E-state index in [2.05, 4.69) is 9.97 Å². The molecule has 4 aromatic rings. The van der Waals surface area contributed by atoms with Gasteiger partial charge in [0.05, 0.1) is 16.8 Å². The number of hydrogen-bond acceptors (Lipinski definition) is 4. The third kappa shape index (κ3) is 2.38. The van der Waals surface area contributed by atoms with Gasteiger partial charge in [0.25, 0.3) is 5.56 Å². The van der Waals surface area contributed by atoms with E-state index in [1.807, 2.05) is 0 Å². The summed E-state index contributed by atoms with van der Waals surface area (Å²) >= 11 is 0. The van der Waals surface area contributed by atoms with Crippen LogP contribution in [0.2, 0.25) is 0 Å². The molecule has 0 amide bonds. The summed E-state index contributed by atoms with van der Waals surface area (Å²) in [6.45, 7) is 1.56. The van der Waals surface area contributed by atoms with Gasteiger partial charge in [-0.15, -0.1) is 0 Å². The molecule has 2 N–H and O–H groups in total. The molecule has 0 bridgehead atoms. The van der Waals surface area contributed by atoms with E-state index in [1.165, 1.54) is 9.13 Å². The summed E-state index contributed by atoms with van der Waals surface area (Å²) in [6, 6.07) is 5.14. The fraction of sp³-hybridized carbons (Fsp3) is 0.222. The smallest absolute Gasteiger partial charge is 0.326 e. The molecule has 3 aromatic heterocycles. The summed E-state index contributed by atoms with van der Waals surface area (Å²) in [5.41, 5.74) is 1.65. The van der Waals surface area contributed by atoms with Gasteiger partial charge in [0, 0.05) is 43.0 Å². The number of nitrogens with zero attached hydrogens (tertiary/aromatic N) is 2. The minimum Gasteiger partial charge on any atom is -0.357 e. The number of fused-ring (bicyclic) bond motifs is 2. The first kappa shape index (κ1) is 17.3. The number of imidazole rings is 1. The summed E-state index contributed by atoms with van der Waals surface area (Å²) < 4.78 is 28.7. The van der Waals surface area contributed by atoms with E-state index in [1.54, 1.807) is 51.6 Å². The van der Waals surface area contributed by atoms with Crippen LogP contribution in [0.25, 0.3) is 33.1 Å². The summed E-state index contributed by atoms with van der Waals surface area (Å²) in [7, 11) is -0.466. The van der Waals surface area contributed by atoms with E-state index < -0.39 is 9.84 Å². The van der Waals surface area contributed by atoms with Gasteiger partial charge < -0.3 is 14.5 Å². The Morgan fingerprint density at radius 2 is 1.78 bits per heavy atom. The average Bonchev–Trinajstić information content (AvgIpc) is 3.23. The number of aromatic amines is 2. The minimum absolute atomic E-state index is 0.0707. The molecule has 3 heterocycles. The summed E-state index contributed by atoms with van der Waals surface area (Å²) in [5, 5.41) is 0.628. The van der Waals surface area contributed by atoms with Gasteiger partial charge in [-0.3, -0.25) is 9.36 Å². The SMILES string of the molecule is CCS(=O)(=O)c1c(-c2cn(C)c(=O)c3[nH]ccc23)ccc2c1[nH]c(=O)n2C. The van der Waals surface area contributed by atoms with Crippen LogP contribution in [0.1, 0.15) is 6.92 Å². The van der Waals surface area contributed by atoms with Crippen LogP contribution in [0.15, 0.2) is 45.1 Å². The van der Waals surface area contributed by atoms with Gasteiger partial charge in [-0.1, -0.05) is 13.0 Å². The molecule has 1 aromatic carbocycles. The van der Waals surface area contributed by atoms with Crippen molar-refractivity contribution in [2.24, 2.45) is 14.1 Å². The van der Waals surface area contributed by atoms with Gasteiger partial charge in [-0.25, -0.2) is 13.2 Å². The number of pyridine rings is 1. The maximum absolute atomic E-state index is 12.9. The van der Waals surface area contributed by atoms with Crippen LogP contribution in [-0.2, 0) is 23.9 Å². The number of rotatable bonds is 3. The molecule has 0 fully saturated rings. The zero-order valence-corrected chi connectivity index (χ0v) is 15.8. The molecular weight excluding hydrogens is 368 g/mol. The molecule has 0 aliphatic rings. The number of sulfone groups is 1. The highest BCUT2D eigenvalue weighted by Gasteiger charge is 2.25. The van der Waals surface area contributed by atoms with E-state index in [4.69, 9.17) is 0 Å². The highest BCUT2D eigenvalue weighted by Crippen LogP contribution is 2.36. The first-order valence-corrected chi connectivity index (χ1v) is 10.0. The molecule has 0 saturated carbocycles. The molecule has 0 spiro atoms. The van der Waals surface area contributed by atoms with Crippen LogP contribution in [-0.4, -0.2) is 33.3 Å². The number of hydrogen-bond donors (Lipinski definition) is 2. The summed E-state index contributed by atoms with van der Waals surface area (Å²) in [5.74, 6) is -0.113. The Balaban J connectivity index is 2.24. The third-order valence-electron chi connectivity index (χ3n) is 4.91. The van der Waals surface area contributed by atoms with E-state index in [0.717, 1.165) is 0 Å². The van der Waals surface area contributed by atoms with Crippen LogP contribution >= 0.6 is 0 Å². The van der Waals surface area contributed by atoms with Crippen molar-refractivity contribution in [3.8, 4) is 11.1 Å². The minimum atomic E-state index is -3.66. The maximum Gasteiger partial charge on any atom is 0.326 e. The lowest BCUT2D eigenvalue weighted by molar-refractivity contribution is 0.598. The fourth-order valence-electron chi connectivity index (χ4n) is 3.44. The van der Waals surface area contributed by atoms with Crippen molar-refractivity contribution in [1.82, 2.24) is 19.1 Å². The predicted molar refractivity (Wildman–Crippen MR) is 104 cm³/mol. The van der Waals surface area contributed by atoms with Gasteiger partial charge in [-0.05, 0) is 12.1 Å². The topological polar surface area (TPSA) is 110 Å². The normalized spacial score (nSPS) is 12.3. The van der Waals surface area contributed by atoms with Gasteiger partial charge in [0.2, 0.25) is 0 Å². The molecule has 0 radical (unpaired) electrons. The number of aromatic nitrogens is 4. The summed E-state index contributed by atoms with van der Waals surface area (Å²) in [6.07, 6.45) is 3.27. The number of benzene rings is 1. The number of nitrogens with one attached hydrogen (secondary N) is 2. The molecule has 27 heavy (non-hydrogen) atoms. The van der Waals surface area contributed by atoms with Gasteiger partial charge in [0.1, 0.15) is 10.4 Å². The molecule has 8 nitrogen and oxygen atoms in total. The van der Waals surface area contributed by atoms with Crippen molar-refractivity contribution in [2.45, 2.75) is 11.8 Å². The van der Waals surface area contributed by atoms with Crippen LogP contribution in [0.4, 0.5) is 0 Å². The second-order valence-electron chi connectivity index (χ2n) is 6.45. The van der Waals surface area contributed by atoms with Gasteiger partial charge in [-0.2, -0.15) is 0 Å². The highest BCUT2D eigenvalue weighted by molar-refractivity contribution is 7.91. The number of aryl methyl sites for hydroxylation is 2. The first-order chi connectivity index (χ1) is 12.8. The fourth-order valence-corrected chi connectivity index (χ4v) is 4.70. The monoisotopic (exact) mass is 386 g/mol. The Kier molecular flexibility index (Phi) is 3.67. The molecule has 9 heteroatoms. The quantitative estimate of drug-likeness (QED) is 0.556. The lowest BCUT2D eigenvalue weighted by atomic mass is 10.0. The highest BCUT2D eigenvalue weighted by atomic mass is 32.2. The van der Waals surface area contributed by atoms with Crippen molar-refractivity contribution in [2.75, 3.05) is 5.75 Å². The number of H-pyrrole nitrogens is 2. The second kappa shape index (κ2) is 5.71. The van der Waals surface area contributed by atoms with Crippen LogP contribution < -0.4 is 11.2 Å². The van der Waals surface area contributed by atoms with E-state index in [0.29, 0.717) is 27.5 Å². The lowest BCUT2D eigenvalue weighted by Crippen LogP contribution is -2.17. The summed E-state index contributed by atoms with van der Waals surface area (Å²) in [4.78, 5) is 30.1. The maximum atomic E-state index is 12.9. The third-order valence-corrected chi connectivity index (χ3v) is 6.72. The Morgan fingerprint density at radius 3 is 2.48 bits per heavy atom. The van der Waals surface area contributed by atoms with Crippen LogP contribution in [0.3, 0.4) is 0 Å². The van der Waals surface area contributed by atoms with Gasteiger partial charge >= 0.3 is 5.69 Å². The largest absolute Gasteiger partial charge is 0.357 e. The molecule has 0 aliphatic heterocycles. The van der Waals surface area contributed by atoms with Gasteiger partial charge in [0.15, 0.2) is 9.84 Å². The standard InChI is InChI=1S/C18H18N4O4S/c1-4-27(25,26)16-11(5-6-13-15(16)20-18(24)22(13)3)12-9-21(2)17(23)14-10(12)7-8-19-14/h5-9,19H,4H2,1-3H3,(H,20,24). The van der Waals surface area contributed by atoms with E-state index in [9.17, 15) is 18.0 Å². The zero-order chi connectivity index (χ0) is 19.5. The molecule has 0 atom stereocenters. The molecule has 140 valence electrons. The molecule has 0 saturated heterocycles. The average molecular weight is 386 g/mol. The predicted octanol–water partition coefficient (Wildman–Crippen LogP) is 1.51. The lowest BCUT2D eigenvalue weighted by Gasteiger charge is -2.13. The van der Waals surface area contributed by atoms with Crippen LogP contribution in [0.5, 0.6) is 0 Å². The molecule has 0 aliphatic carbocycles. The van der Waals surface area contributed by atoms with Crippen molar-refractivity contribution in [1.29, 1.82) is 0 Å². The molecule has 0 unspecified atom stereocenters. The van der Waals surface area contributed by atoms with Crippen molar-refractivity contribution in [3.05, 3.63) is 51.4 Å².